The molecule has 1 nitrogen and oxygen atoms in total. The van der Waals surface area contributed by atoms with E-state index in [1.807, 2.05) is 6.92 Å². The summed E-state index contributed by atoms with van der Waals surface area (Å²) in [6.45, 7) is 5.68. The number of hydrogen-bond donors (Lipinski definition) is 1. The van der Waals surface area contributed by atoms with Crippen molar-refractivity contribution in [1.29, 1.82) is 0 Å². The molecule has 0 heterocycles. The molecule has 0 aromatic heterocycles. The van der Waals surface area contributed by atoms with Crippen molar-refractivity contribution in [3.63, 3.8) is 0 Å². The zero-order valence-electron chi connectivity index (χ0n) is 9.06. The molecular formula is C12H14BrF2N. The summed E-state index contributed by atoms with van der Waals surface area (Å²) in [6, 6.07) is 2.28. The van der Waals surface area contributed by atoms with Gasteiger partial charge in [-0.1, -0.05) is 11.6 Å². The predicted octanol–water partition coefficient (Wildman–Crippen LogP) is 4.08. The summed E-state index contributed by atoms with van der Waals surface area (Å²) in [6.07, 6.45) is 1.44. The largest absolute Gasteiger partial charge is 0.324 e. The van der Waals surface area contributed by atoms with Crippen molar-refractivity contribution < 1.29 is 8.78 Å². The van der Waals surface area contributed by atoms with Gasteiger partial charge in [0.05, 0.1) is 4.47 Å². The number of rotatable bonds is 4. The summed E-state index contributed by atoms with van der Waals surface area (Å²) >= 11 is 3.02. The lowest BCUT2D eigenvalue weighted by Crippen LogP contribution is -2.12. The molecule has 1 atom stereocenters. The smallest absolute Gasteiger partial charge is 0.173 e. The fraction of sp³-hybridized carbons (Fsp3) is 0.333. The average molecular weight is 290 g/mol. The zero-order chi connectivity index (χ0) is 12.3. The van der Waals surface area contributed by atoms with Crippen molar-refractivity contribution in [2.75, 3.05) is 0 Å². The van der Waals surface area contributed by atoms with Gasteiger partial charge in [0.15, 0.2) is 11.6 Å². The number of benzene rings is 1. The van der Waals surface area contributed by atoms with Crippen molar-refractivity contribution in [1.82, 2.24) is 0 Å². The third-order valence-corrected chi connectivity index (χ3v) is 3.15. The molecule has 0 fully saturated rings. The molecule has 1 aromatic carbocycles. The van der Waals surface area contributed by atoms with Crippen LogP contribution in [0.1, 0.15) is 31.4 Å². The molecule has 0 saturated heterocycles. The average Bonchev–Trinajstić information content (AvgIpc) is 2.23. The Labute approximate surface area is 102 Å². The van der Waals surface area contributed by atoms with Gasteiger partial charge in [-0.3, -0.25) is 0 Å². The van der Waals surface area contributed by atoms with E-state index < -0.39 is 11.6 Å². The Morgan fingerprint density at radius 2 is 2.12 bits per heavy atom. The van der Waals surface area contributed by atoms with Crippen molar-refractivity contribution in [3.8, 4) is 0 Å². The van der Waals surface area contributed by atoms with Gasteiger partial charge in [-0.25, -0.2) is 8.78 Å². The summed E-state index contributed by atoms with van der Waals surface area (Å²) < 4.78 is 26.2. The number of hydrogen-bond acceptors (Lipinski definition) is 1. The summed E-state index contributed by atoms with van der Waals surface area (Å²) in [5, 5.41) is 0. The topological polar surface area (TPSA) is 26.0 Å². The van der Waals surface area contributed by atoms with E-state index >= 15 is 0 Å². The van der Waals surface area contributed by atoms with Gasteiger partial charge in [-0.15, -0.1) is 6.58 Å². The maximum Gasteiger partial charge on any atom is 0.173 e. The molecule has 1 rings (SSSR count). The van der Waals surface area contributed by atoms with Crippen LogP contribution < -0.4 is 5.73 Å². The van der Waals surface area contributed by atoms with E-state index in [-0.39, 0.29) is 10.5 Å². The van der Waals surface area contributed by atoms with Crippen molar-refractivity contribution in [2.45, 2.75) is 25.8 Å². The Morgan fingerprint density at radius 3 is 2.69 bits per heavy atom. The van der Waals surface area contributed by atoms with Crippen LogP contribution in [0.3, 0.4) is 0 Å². The highest BCUT2D eigenvalue weighted by Gasteiger charge is 2.15. The van der Waals surface area contributed by atoms with Crippen LogP contribution in [0.5, 0.6) is 0 Å². The maximum atomic E-state index is 13.3. The van der Waals surface area contributed by atoms with Gasteiger partial charge in [0, 0.05) is 6.04 Å². The molecular weight excluding hydrogens is 276 g/mol. The molecule has 0 spiro atoms. The normalized spacial score (nSPS) is 12.6. The van der Waals surface area contributed by atoms with Gasteiger partial charge in [0.25, 0.3) is 0 Å². The van der Waals surface area contributed by atoms with E-state index in [0.29, 0.717) is 12.0 Å². The lowest BCUT2D eigenvalue weighted by molar-refractivity contribution is 0.498. The molecule has 0 aliphatic rings. The Hall–Kier alpha value is -0.740. The lowest BCUT2D eigenvalue weighted by atomic mass is 10.0. The highest BCUT2D eigenvalue weighted by Crippen LogP contribution is 2.29. The first-order chi connectivity index (χ1) is 7.43. The first-order valence-electron chi connectivity index (χ1n) is 4.96. The Balaban J connectivity index is 2.87. The maximum absolute atomic E-state index is 13.3. The van der Waals surface area contributed by atoms with Gasteiger partial charge in [-0.2, -0.15) is 0 Å². The van der Waals surface area contributed by atoms with Crippen LogP contribution in [0.15, 0.2) is 28.8 Å². The lowest BCUT2D eigenvalue weighted by Gasteiger charge is -2.14. The van der Waals surface area contributed by atoms with E-state index in [0.717, 1.165) is 18.1 Å². The fourth-order valence-corrected chi connectivity index (χ4v) is 2.00. The summed E-state index contributed by atoms with van der Waals surface area (Å²) in [5.41, 5.74) is 7.51. The predicted molar refractivity (Wildman–Crippen MR) is 65.0 cm³/mol. The van der Waals surface area contributed by atoms with Crippen LogP contribution >= 0.6 is 15.9 Å². The molecule has 0 saturated carbocycles. The van der Waals surface area contributed by atoms with E-state index in [9.17, 15) is 8.78 Å². The molecule has 88 valence electrons. The van der Waals surface area contributed by atoms with Crippen molar-refractivity contribution >= 4 is 15.9 Å². The van der Waals surface area contributed by atoms with Crippen LogP contribution in [-0.4, -0.2) is 0 Å². The van der Waals surface area contributed by atoms with Gasteiger partial charge >= 0.3 is 0 Å². The molecule has 0 amide bonds. The molecule has 16 heavy (non-hydrogen) atoms. The van der Waals surface area contributed by atoms with Crippen LogP contribution in [0.4, 0.5) is 8.78 Å². The quantitative estimate of drug-likeness (QED) is 0.656. The molecule has 2 N–H and O–H groups in total. The Morgan fingerprint density at radius 1 is 1.50 bits per heavy atom. The van der Waals surface area contributed by atoms with Crippen LogP contribution in [0.2, 0.25) is 0 Å². The van der Waals surface area contributed by atoms with Gasteiger partial charge in [0.1, 0.15) is 0 Å². The molecule has 1 unspecified atom stereocenters. The molecule has 1 aromatic rings. The second-order valence-electron chi connectivity index (χ2n) is 3.87. The first-order valence-corrected chi connectivity index (χ1v) is 5.76. The van der Waals surface area contributed by atoms with Gasteiger partial charge < -0.3 is 5.73 Å². The highest BCUT2D eigenvalue weighted by atomic mass is 79.9. The monoisotopic (exact) mass is 289 g/mol. The minimum absolute atomic E-state index is 0.113. The van der Waals surface area contributed by atoms with E-state index in [1.54, 1.807) is 0 Å². The highest BCUT2D eigenvalue weighted by molar-refractivity contribution is 9.10. The number of halogens is 3. The SMILES string of the molecule is C=C(C)CCC(N)c1ccc(F)c(F)c1Br. The van der Waals surface area contributed by atoms with Crippen LogP contribution in [0, 0.1) is 11.6 Å². The second-order valence-corrected chi connectivity index (χ2v) is 4.66. The van der Waals surface area contributed by atoms with Crippen LogP contribution in [-0.2, 0) is 0 Å². The standard InChI is InChI=1S/C12H14BrF2N/c1-7(2)3-6-10(16)8-4-5-9(14)12(15)11(8)13/h4-5,10H,1,3,6,16H2,2H3. The number of allylic oxidation sites excluding steroid dienone is 1. The minimum atomic E-state index is -0.886. The van der Waals surface area contributed by atoms with E-state index in [1.165, 1.54) is 6.07 Å². The van der Waals surface area contributed by atoms with Gasteiger partial charge in [0.2, 0.25) is 0 Å². The number of nitrogens with two attached hydrogens (primary N) is 1. The van der Waals surface area contributed by atoms with E-state index in [2.05, 4.69) is 22.5 Å². The molecule has 0 aliphatic carbocycles. The second kappa shape index (κ2) is 5.55. The molecule has 0 bridgehead atoms. The summed E-state index contributed by atoms with van der Waals surface area (Å²) in [5.74, 6) is -1.76. The summed E-state index contributed by atoms with van der Waals surface area (Å²) in [4.78, 5) is 0. The van der Waals surface area contributed by atoms with Crippen LogP contribution in [0.25, 0.3) is 0 Å². The first kappa shape index (κ1) is 13.3. The Bertz CT molecular complexity index is 404. The van der Waals surface area contributed by atoms with Crippen molar-refractivity contribution in [3.05, 3.63) is 46.0 Å². The third kappa shape index (κ3) is 3.12. The fourth-order valence-electron chi connectivity index (χ4n) is 1.38. The zero-order valence-corrected chi connectivity index (χ0v) is 10.7. The van der Waals surface area contributed by atoms with Crippen molar-refractivity contribution in [2.24, 2.45) is 5.73 Å². The van der Waals surface area contributed by atoms with E-state index in [4.69, 9.17) is 5.73 Å². The third-order valence-electron chi connectivity index (χ3n) is 2.35. The minimum Gasteiger partial charge on any atom is -0.324 e. The molecule has 0 aliphatic heterocycles. The Kier molecular flexibility index (Phi) is 4.62. The molecule has 0 radical (unpaired) electrons. The van der Waals surface area contributed by atoms with Gasteiger partial charge in [-0.05, 0) is 47.3 Å². The molecule has 4 heteroatoms. The summed E-state index contributed by atoms with van der Waals surface area (Å²) in [7, 11) is 0.